The highest BCUT2D eigenvalue weighted by Crippen LogP contribution is 2.38. The molecule has 0 fully saturated rings. The van der Waals surface area contributed by atoms with Crippen molar-refractivity contribution in [2.45, 2.75) is 39.7 Å². The van der Waals surface area contributed by atoms with Crippen molar-refractivity contribution in [3.63, 3.8) is 0 Å². The third kappa shape index (κ3) is 5.95. The van der Waals surface area contributed by atoms with Crippen LogP contribution in [0.3, 0.4) is 0 Å². The third-order valence-electron chi connectivity index (χ3n) is 6.31. The van der Waals surface area contributed by atoms with Crippen molar-refractivity contribution in [3.05, 3.63) is 76.9 Å². The fraction of sp³-hybridized carbons (Fsp3) is 0.345. The molecule has 0 amide bonds. The molecule has 3 aromatic carbocycles. The molecule has 0 saturated heterocycles. The average molecular weight is 477 g/mol. The van der Waals surface area contributed by atoms with Crippen LogP contribution in [0.4, 0.5) is 0 Å². The van der Waals surface area contributed by atoms with Gasteiger partial charge in [-0.15, -0.1) is 0 Å². The van der Waals surface area contributed by atoms with Gasteiger partial charge in [-0.2, -0.15) is 0 Å². The van der Waals surface area contributed by atoms with Crippen LogP contribution in [0, 0.1) is 13.8 Å². The first kappa shape index (κ1) is 24.6. The second-order valence-corrected chi connectivity index (χ2v) is 8.71. The number of carboxylic acid groups (broad SMARTS) is 1. The normalized spacial score (nSPS) is 14.3. The first-order chi connectivity index (χ1) is 17.0. The zero-order valence-electron chi connectivity index (χ0n) is 20.5. The molecule has 0 saturated carbocycles. The van der Waals surface area contributed by atoms with E-state index in [1.807, 2.05) is 31.2 Å². The molecule has 1 aliphatic rings. The standard InChI is InChI=1S/C29H32O6/c1-4-32-12-13-33-23-8-10-25(19(2)14-23)26-7-5-6-21(20(26)3)17-34-24-9-11-27-22(15-29(30)31)18-35-28(27)16-24/h5-11,14,16,22H,4,12-13,15,17-18H2,1-3H3,(H,30,31). The predicted molar refractivity (Wildman–Crippen MR) is 135 cm³/mol. The number of carbonyl (C=O) groups is 1. The van der Waals surface area contributed by atoms with Crippen molar-refractivity contribution in [3.8, 4) is 28.4 Å². The molecule has 184 valence electrons. The van der Waals surface area contributed by atoms with E-state index in [2.05, 4.69) is 44.2 Å². The van der Waals surface area contributed by atoms with Gasteiger partial charge in [-0.3, -0.25) is 4.79 Å². The van der Waals surface area contributed by atoms with Crippen LogP contribution >= 0.6 is 0 Å². The zero-order valence-corrected chi connectivity index (χ0v) is 20.5. The highest BCUT2D eigenvalue weighted by atomic mass is 16.5. The number of benzene rings is 3. The van der Waals surface area contributed by atoms with Gasteiger partial charge in [0.15, 0.2) is 0 Å². The van der Waals surface area contributed by atoms with Crippen LogP contribution in [0.25, 0.3) is 11.1 Å². The van der Waals surface area contributed by atoms with Crippen LogP contribution < -0.4 is 14.2 Å². The summed E-state index contributed by atoms with van der Waals surface area (Å²) in [6, 6.07) is 18.1. The Morgan fingerprint density at radius 3 is 2.57 bits per heavy atom. The maximum Gasteiger partial charge on any atom is 0.304 e. The number of aliphatic carboxylic acids is 1. The molecule has 3 aromatic rings. The summed E-state index contributed by atoms with van der Waals surface area (Å²) in [5.74, 6) is 1.32. The lowest BCUT2D eigenvalue weighted by Gasteiger charge is -2.16. The summed E-state index contributed by atoms with van der Waals surface area (Å²) in [5.41, 5.74) is 6.67. The lowest BCUT2D eigenvalue weighted by atomic mass is 9.93. The number of hydrogen-bond acceptors (Lipinski definition) is 5. The first-order valence-corrected chi connectivity index (χ1v) is 12.0. The minimum absolute atomic E-state index is 0.0684. The Morgan fingerprint density at radius 1 is 1.00 bits per heavy atom. The molecule has 1 N–H and O–H groups in total. The van der Waals surface area contributed by atoms with Crippen LogP contribution in [0.15, 0.2) is 54.6 Å². The third-order valence-corrected chi connectivity index (χ3v) is 6.31. The quantitative estimate of drug-likeness (QED) is 0.347. The number of hydrogen-bond donors (Lipinski definition) is 1. The van der Waals surface area contributed by atoms with Gasteiger partial charge in [-0.25, -0.2) is 0 Å². The van der Waals surface area contributed by atoms with Gasteiger partial charge in [-0.1, -0.05) is 30.3 Å². The molecule has 6 heteroatoms. The monoisotopic (exact) mass is 476 g/mol. The van der Waals surface area contributed by atoms with E-state index < -0.39 is 5.97 Å². The largest absolute Gasteiger partial charge is 0.492 e. The number of fused-ring (bicyclic) bond motifs is 1. The molecule has 6 nitrogen and oxygen atoms in total. The van der Waals surface area contributed by atoms with Crippen LogP contribution in [-0.2, 0) is 16.1 Å². The Balaban J connectivity index is 1.44. The Hall–Kier alpha value is -3.51. The van der Waals surface area contributed by atoms with Gasteiger partial charge in [0.25, 0.3) is 0 Å². The van der Waals surface area contributed by atoms with E-state index in [-0.39, 0.29) is 12.3 Å². The molecule has 1 heterocycles. The average Bonchev–Trinajstić information content (AvgIpc) is 3.23. The molecule has 0 aromatic heterocycles. The van der Waals surface area contributed by atoms with Gasteiger partial charge in [-0.05, 0) is 66.8 Å². The second-order valence-electron chi connectivity index (χ2n) is 8.71. The van der Waals surface area contributed by atoms with E-state index in [0.29, 0.717) is 44.5 Å². The van der Waals surface area contributed by atoms with Gasteiger partial charge in [0.2, 0.25) is 0 Å². The van der Waals surface area contributed by atoms with Crippen molar-refractivity contribution in [1.29, 1.82) is 0 Å². The Bertz CT molecular complexity index is 1190. The molecule has 0 aliphatic carbocycles. The number of aryl methyl sites for hydroxylation is 1. The zero-order chi connectivity index (χ0) is 24.8. The van der Waals surface area contributed by atoms with Crippen LogP contribution in [0.1, 0.15) is 41.5 Å². The molecule has 0 radical (unpaired) electrons. The van der Waals surface area contributed by atoms with Gasteiger partial charge < -0.3 is 24.1 Å². The fourth-order valence-corrected chi connectivity index (χ4v) is 4.41. The Morgan fingerprint density at radius 2 is 1.80 bits per heavy atom. The van der Waals surface area contributed by atoms with Gasteiger partial charge >= 0.3 is 5.97 Å². The van der Waals surface area contributed by atoms with Crippen molar-refractivity contribution in [2.75, 3.05) is 26.4 Å². The summed E-state index contributed by atoms with van der Waals surface area (Å²) < 4.78 is 22.9. The SMILES string of the molecule is CCOCCOc1ccc(-c2cccc(COc3ccc4c(c3)OCC4CC(=O)O)c2C)c(C)c1. The van der Waals surface area contributed by atoms with E-state index in [1.165, 1.54) is 11.1 Å². The van der Waals surface area contributed by atoms with E-state index in [4.69, 9.17) is 24.1 Å². The summed E-state index contributed by atoms with van der Waals surface area (Å²) in [6.45, 7) is 8.80. The molecule has 0 spiro atoms. The van der Waals surface area contributed by atoms with Gasteiger partial charge in [0, 0.05) is 24.2 Å². The number of carboxylic acids is 1. The summed E-state index contributed by atoms with van der Waals surface area (Å²) in [6.07, 6.45) is 0.0684. The number of ether oxygens (including phenoxy) is 4. The molecular weight excluding hydrogens is 444 g/mol. The maximum absolute atomic E-state index is 11.1. The molecule has 0 bridgehead atoms. The molecule has 35 heavy (non-hydrogen) atoms. The summed E-state index contributed by atoms with van der Waals surface area (Å²) in [7, 11) is 0. The fourth-order valence-electron chi connectivity index (χ4n) is 4.41. The lowest BCUT2D eigenvalue weighted by molar-refractivity contribution is -0.137. The van der Waals surface area contributed by atoms with Gasteiger partial charge in [0.05, 0.1) is 19.6 Å². The molecule has 1 aliphatic heterocycles. The Labute approximate surface area is 206 Å². The first-order valence-electron chi connectivity index (χ1n) is 12.0. The van der Waals surface area contributed by atoms with Crippen molar-refractivity contribution < 1.29 is 28.8 Å². The topological polar surface area (TPSA) is 74.2 Å². The predicted octanol–water partition coefficient (Wildman–Crippen LogP) is 5.92. The number of rotatable bonds is 11. The minimum atomic E-state index is -0.818. The van der Waals surface area contributed by atoms with E-state index >= 15 is 0 Å². The van der Waals surface area contributed by atoms with Crippen LogP contribution in [-0.4, -0.2) is 37.5 Å². The summed E-state index contributed by atoms with van der Waals surface area (Å²) >= 11 is 0. The van der Waals surface area contributed by atoms with Crippen molar-refractivity contribution >= 4 is 5.97 Å². The highest BCUT2D eigenvalue weighted by molar-refractivity contribution is 5.72. The smallest absolute Gasteiger partial charge is 0.304 e. The molecule has 1 atom stereocenters. The molecule has 1 unspecified atom stereocenters. The Kier molecular flexibility index (Phi) is 7.93. The van der Waals surface area contributed by atoms with Crippen molar-refractivity contribution in [1.82, 2.24) is 0 Å². The summed E-state index contributed by atoms with van der Waals surface area (Å²) in [4.78, 5) is 11.1. The maximum atomic E-state index is 11.1. The van der Waals surface area contributed by atoms with E-state index in [0.717, 1.165) is 28.0 Å². The summed E-state index contributed by atoms with van der Waals surface area (Å²) in [5, 5.41) is 9.09. The van der Waals surface area contributed by atoms with Gasteiger partial charge in [0.1, 0.15) is 30.5 Å². The highest BCUT2D eigenvalue weighted by Gasteiger charge is 2.26. The molecular formula is C29H32O6. The van der Waals surface area contributed by atoms with Crippen LogP contribution in [0.2, 0.25) is 0 Å². The second kappa shape index (κ2) is 11.3. The lowest BCUT2D eigenvalue weighted by Crippen LogP contribution is -2.07. The molecule has 4 rings (SSSR count). The minimum Gasteiger partial charge on any atom is -0.492 e. The van der Waals surface area contributed by atoms with Crippen LogP contribution in [0.5, 0.6) is 17.2 Å². The van der Waals surface area contributed by atoms with Crippen molar-refractivity contribution in [2.24, 2.45) is 0 Å². The van der Waals surface area contributed by atoms with E-state index in [9.17, 15) is 4.79 Å². The van der Waals surface area contributed by atoms with E-state index in [1.54, 1.807) is 0 Å².